The summed E-state index contributed by atoms with van der Waals surface area (Å²) in [6.45, 7) is 11.2. The number of carbonyl (C=O) groups is 7. The van der Waals surface area contributed by atoms with Gasteiger partial charge in [-0.3, -0.25) is 24.0 Å². The Hall–Kier alpha value is -5.68. The van der Waals surface area contributed by atoms with Gasteiger partial charge in [-0.25, -0.2) is 14.6 Å². The normalized spacial score (nSPS) is 16.0. The zero-order valence-electron chi connectivity index (χ0n) is 31.1. The molecule has 0 radical (unpaired) electrons. The fourth-order valence-corrected chi connectivity index (χ4v) is 5.24. The molecule has 0 unspecified atom stereocenters. The number of aromatic amines is 1. The van der Waals surface area contributed by atoms with Gasteiger partial charge in [-0.2, -0.15) is 0 Å². The number of rotatable bonds is 14. The molecule has 3 rings (SSSR count). The molecule has 53 heavy (non-hydrogen) atoms. The van der Waals surface area contributed by atoms with Gasteiger partial charge in [0.15, 0.2) is 0 Å². The SMILES string of the molecule is C[C@H](NC(=O)[C@H](Cc1ccc(OC(=O)OC(C)(C)C)cc1)NC(=O)OC(C)(C)C)C(=O)NCC(=O)N[C@@H](Cc1cnc[nH]1)C(=O)N1CCC[C@@H]1C(N)=O. The molecule has 1 aromatic heterocycles. The van der Waals surface area contributed by atoms with Crippen LogP contribution in [0.25, 0.3) is 0 Å². The Bertz CT molecular complexity index is 1620. The molecule has 1 fully saturated rings. The monoisotopic (exact) mass is 742 g/mol. The summed E-state index contributed by atoms with van der Waals surface area (Å²) >= 11 is 0. The highest BCUT2D eigenvalue weighted by atomic mass is 16.7. The number of carbonyl (C=O) groups excluding carboxylic acids is 7. The van der Waals surface area contributed by atoms with Crippen LogP contribution in [-0.2, 0) is 46.3 Å². The van der Waals surface area contributed by atoms with Crippen molar-refractivity contribution in [2.75, 3.05) is 13.1 Å². The molecular weight excluding hydrogens is 692 g/mol. The molecule has 2 aromatic rings. The molecule has 0 spiro atoms. The summed E-state index contributed by atoms with van der Waals surface area (Å²) in [4.78, 5) is 97.5. The first-order chi connectivity index (χ1) is 24.7. The van der Waals surface area contributed by atoms with Gasteiger partial charge in [0, 0.05) is 31.3 Å². The number of H-pyrrole nitrogens is 1. The van der Waals surface area contributed by atoms with Gasteiger partial charge in [-0.15, -0.1) is 0 Å². The van der Waals surface area contributed by atoms with Crippen molar-refractivity contribution in [3.8, 4) is 5.75 Å². The van der Waals surface area contributed by atoms with Crippen LogP contribution in [0.3, 0.4) is 0 Å². The van der Waals surface area contributed by atoms with Gasteiger partial charge >= 0.3 is 12.2 Å². The highest BCUT2D eigenvalue weighted by Gasteiger charge is 2.37. The van der Waals surface area contributed by atoms with Gasteiger partial charge in [0.2, 0.25) is 29.5 Å². The number of likely N-dealkylation sites (tertiary alicyclic amines) is 1. The number of aromatic nitrogens is 2. The van der Waals surface area contributed by atoms with Gasteiger partial charge in [0.25, 0.3) is 0 Å². The van der Waals surface area contributed by atoms with E-state index in [2.05, 4.69) is 31.2 Å². The lowest BCUT2D eigenvalue weighted by Crippen LogP contribution is -2.56. The second-order valence-electron chi connectivity index (χ2n) is 14.6. The molecule has 290 valence electrons. The number of nitrogens with zero attached hydrogens (tertiary/aromatic N) is 2. The lowest BCUT2D eigenvalue weighted by atomic mass is 10.0. The van der Waals surface area contributed by atoms with Crippen LogP contribution in [0.4, 0.5) is 9.59 Å². The number of hydrogen-bond acceptors (Lipinski definition) is 11. The molecule has 1 saturated heterocycles. The van der Waals surface area contributed by atoms with Gasteiger partial charge in [-0.1, -0.05) is 12.1 Å². The van der Waals surface area contributed by atoms with E-state index < -0.39 is 83.7 Å². The van der Waals surface area contributed by atoms with Crippen molar-refractivity contribution in [1.29, 1.82) is 0 Å². The summed E-state index contributed by atoms with van der Waals surface area (Å²) in [7, 11) is 0. The molecule has 1 aliphatic heterocycles. The lowest BCUT2D eigenvalue weighted by molar-refractivity contribution is -0.140. The molecule has 0 bridgehead atoms. The average Bonchev–Trinajstić information content (AvgIpc) is 3.74. The van der Waals surface area contributed by atoms with Crippen LogP contribution >= 0.6 is 0 Å². The van der Waals surface area contributed by atoms with Crippen molar-refractivity contribution in [3.63, 3.8) is 0 Å². The zero-order chi connectivity index (χ0) is 39.5. The van der Waals surface area contributed by atoms with E-state index in [4.69, 9.17) is 19.9 Å². The summed E-state index contributed by atoms with van der Waals surface area (Å²) in [6, 6.07) is 1.93. The summed E-state index contributed by atoms with van der Waals surface area (Å²) in [5, 5.41) is 10.1. The van der Waals surface area contributed by atoms with E-state index in [0.717, 1.165) is 0 Å². The number of ether oxygens (including phenoxy) is 3. The zero-order valence-corrected chi connectivity index (χ0v) is 31.1. The molecular formula is C35H50N8O10. The molecule has 4 atom stereocenters. The summed E-state index contributed by atoms with van der Waals surface area (Å²) in [6.07, 6.45) is 2.16. The van der Waals surface area contributed by atoms with E-state index in [1.54, 1.807) is 53.7 Å². The van der Waals surface area contributed by atoms with Gasteiger partial charge in [0.05, 0.1) is 12.9 Å². The maximum absolute atomic E-state index is 13.4. The number of primary amides is 1. The molecule has 2 heterocycles. The Morgan fingerprint density at radius 1 is 0.906 bits per heavy atom. The Labute approximate surface area is 307 Å². The third-order valence-corrected chi connectivity index (χ3v) is 7.61. The standard InChI is InChI=1S/C35H50N8O10/c1-20(29(46)38-18-27(44)41-25(16-22-17-37-19-39-22)31(48)43-14-8-9-26(43)28(36)45)40-30(47)24(42-32(49)52-34(2,3)4)15-21-10-12-23(13-11-21)51-33(50)53-35(5,6)7/h10-13,17,19-20,24-26H,8-9,14-16,18H2,1-7H3,(H2,36,45)(H,37,39)(H,38,46)(H,40,47)(H,41,44)(H,42,49)/t20-,24-,25-,26+/m0/s1. The smallest absolute Gasteiger partial charge is 0.444 e. The van der Waals surface area contributed by atoms with Crippen LogP contribution < -0.4 is 31.7 Å². The predicted molar refractivity (Wildman–Crippen MR) is 189 cm³/mol. The first-order valence-corrected chi connectivity index (χ1v) is 17.1. The molecule has 18 nitrogen and oxygen atoms in total. The Kier molecular flexibility index (Phi) is 14.3. The maximum Gasteiger partial charge on any atom is 0.514 e. The molecule has 1 aromatic carbocycles. The van der Waals surface area contributed by atoms with Crippen LogP contribution in [0.2, 0.25) is 0 Å². The number of nitrogens with two attached hydrogens (primary N) is 1. The number of hydrogen-bond donors (Lipinski definition) is 6. The van der Waals surface area contributed by atoms with Crippen molar-refractivity contribution < 1.29 is 47.8 Å². The van der Waals surface area contributed by atoms with E-state index in [1.807, 2.05) is 0 Å². The summed E-state index contributed by atoms with van der Waals surface area (Å²) in [5.41, 5.74) is 5.00. The quantitative estimate of drug-likeness (QED) is 0.118. The fraction of sp³-hybridized carbons (Fsp3) is 0.543. The van der Waals surface area contributed by atoms with Gasteiger partial charge < -0.3 is 51.1 Å². The molecule has 18 heteroatoms. The number of amides is 6. The van der Waals surface area contributed by atoms with Crippen LogP contribution in [0.5, 0.6) is 5.75 Å². The van der Waals surface area contributed by atoms with E-state index in [1.165, 1.54) is 36.5 Å². The maximum atomic E-state index is 13.4. The minimum atomic E-state index is -1.20. The van der Waals surface area contributed by atoms with Gasteiger partial charge in [-0.05, 0) is 79.0 Å². The lowest BCUT2D eigenvalue weighted by Gasteiger charge is -2.27. The first-order valence-electron chi connectivity index (χ1n) is 17.1. The first kappa shape index (κ1) is 41.7. The van der Waals surface area contributed by atoms with E-state index in [0.29, 0.717) is 30.6 Å². The Balaban J connectivity index is 1.63. The van der Waals surface area contributed by atoms with Crippen molar-refractivity contribution >= 4 is 41.8 Å². The van der Waals surface area contributed by atoms with E-state index in [9.17, 15) is 33.6 Å². The molecule has 0 aliphatic carbocycles. The number of nitrogens with one attached hydrogen (secondary N) is 5. The highest BCUT2D eigenvalue weighted by molar-refractivity contribution is 5.95. The minimum absolute atomic E-state index is 0.0338. The van der Waals surface area contributed by atoms with E-state index >= 15 is 0 Å². The van der Waals surface area contributed by atoms with Crippen molar-refractivity contribution in [3.05, 3.63) is 48.0 Å². The van der Waals surface area contributed by atoms with Crippen molar-refractivity contribution in [2.24, 2.45) is 5.73 Å². The van der Waals surface area contributed by atoms with Crippen LogP contribution in [0.15, 0.2) is 36.8 Å². The van der Waals surface area contributed by atoms with Crippen molar-refractivity contribution in [2.45, 2.75) is 110 Å². The van der Waals surface area contributed by atoms with E-state index in [-0.39, 0.29) is 18.6 Å². The van der Waals surface area contributed by atoms with Gasteiger partial charge in [0.1, 0.15) is 41.1 Å². The molecule has 6 amide bonds. The number of imidazole rings is 1. The molecule has 0 saturated carbocycles. The number of alkyl carbamates (subject to hydrolysis) is 1. The van der Waals surface area contributed by atoms with Crippen LogP contribution in [0.1, 0.15) is 72.6 Å². The fourth-order valence-electron chi connectivity index (χ4n) is 5.24. The van der Waals surface area contributed by atoms with Crippen LogP contribution in [0, 0.1) is 0 Å². The molecule has 7 N–H and O–H groups in total. The highest BCUT2D eigenvalue weighted by Crippen LogP contribution is 2.19. The summed E-state index contributed by atoms with van der Waals surface area (Å²) < 4.78 is 15.7. The second-order valence-corrected chi connectivity index (χ2v) is 14.6. The third-order valence-electron chi connectivity index (χ3n) is 7.61. The third kappa shape index (κ3) is 14.1. The van der Waals surface area contributed by atoms with Crippen LogP contribution in [-0.4, -0.2) is 105 Å². The molecule has 1 aliphatic rings. The summed E-state index contributed by atoms with van der Waals surface area (Å²) in [5.74, 6) is -3.10. The van der Waals surface area contributed by atoms with Crippen molar-refractivity contribution in [1.82, 2.24) is 36.1 Å². The largest absolute Gasteiger partial charge is 0.514 e. The topological polar surface area (TPSA) is 253 Å². The second kappa shape index (κ2) is 18.2. The average molecular weight is 743 g/mol. The Morgan fingerprint density at radius 3 is 2.15 bits per heavy atom. The Morgan fingerprint density at radius 2 is 1.57 bits per heavy atom. The predicted octanol–water partition coefficient (Wildman–Crippen LogP) is 0.984. The number of benzene rings is 1. The minimum Gasteiger partial charge on any atom is -0.444 e.